The lowest BCUT2D eigenvalue weighted by atomic mass is 9.77. The molecule has 3 nitrogen and oxygen atoms in total. The predicted octanol–water partition coefficient (Wildman–Crippen LogP) is 3.05. The van der Waals surface area contributed by atoms with Crippen molar-refractivity contribution in [3.05, 3.63) is 65.7 Å². The van der Waals surface area contributed by atoms with E-state index in [9.17, 15) is 4.39 Å². The van der Waals surface area contributed by atoms with E-state index in [-0.39, 0.29) is 11.9 Å². The maximum Gasteiger partial charge on any atom is 0.123 e. The van der Waals surface area contributed by atoms with E-state index in [2.05, 4.69) is 16.0 Å². The summed E-state index contributed by atoms with van der Waals surface area (Å²) < 4.78 is 19.0. The average molecular weight is 312 g/mol. The molecule has 1 aromatic carbocycles. The summed E-state index contributed by atoms with van der Waals surface area (Å²) in [6, 6.07) is 10.9. The van der Waals surface area contributed by atoms with Crippen LogP contribution in [0.4, 0.5) is 4.39 Å². The van der Waals surface area contributed by atoms with E-state index in [1.807, 2.05) is 30.6 Å². The topological polar surface area (TPSA) is 25.4 Å². The van der Waals surface area contributed by atoms with Crippen molar-refractivity contribution in [3.8, 4) is 0 Å². The number of hydrogen-bond acceptors (Lipinski definition) is 3. The van der Waals surface area contributed by atoms with Gasteiger partial charge in [0.25, 0.3) is 0 Å². The summed E-state index contributed by atoms with van der Waals surface area (Å²) in [5.74, 6) is -0.178. The Balaban J connectivity index is 1.29. The van der Waals surface area contributed by atoms with E-state index < -0.39 is 0 Å². The van der Waals surface area contributed by atoms with Crippen LogP contribution in [0.5, 0.6) is 0 Å². The van der Waals surface area contributed by atoms with Crippen LogP contribution in [0.25, 0.3) is 0 Å². The highest BCUT2D eigenvalue weighted by atomic mass is 19.1. The van der Waals surface area contributed by atoms with Crippen LogP contribution >= 0.6 is 0 Å². The minimum absolute atomic E-state index is 0.178. The molecular formula is C19H21FN2O. The number of likely N-dealkylation sites (tertiary alicyclic amines) is 1. The van der Waals surface area contributed by atoms with Gasteiger partial charge in [-0.3, -0.25) is 9.88 Å². The third kappa shape index (κ3) is 3.28. The van der Waals surface area contributed by atoms with Crippen molar-refractivity contribution >= 4 is 0 Å². The fourth-order valence-corrected chi connectivity index (χ4v) is 3.89. The van der Waals surface area contributed by atoms with Gasteiger partial charge in [0.2, 0.25) is 0 Å². The Hall–Kier alpha value is -1.78. The second-order valence-corrected chi connectivity index (χ2v) is 6.97. The average Bonchev–Trinajstić information content (AvgIpc) is 2.94. The first-order valence-electron chi connectivity index (χ1n) is 8.18. The minimum Gasteiger partial charge on any atom is -0.377 e. The monoisotopic (exact) mass is 312 g/mol. The summed E-state index contributed by atoms with van der Waals surface area (Å²) in [6.07, 6.45) is 6.00. The number of pyridine rings is 1. The summed E-state index contributed by atoms with van der Waals surface area (Å²) >= 11 is 0. The molecule has 1 spiro atoms. The number of nitrogens with zero attached hydrogens (tertiary/aromatic N) is 2. The van der Waals surface area contributed by atoms with Crippen molar-refractivity contribution in [2.24, 2.45) is 5.41 Å². The zero-order chi connectivity index (χ0) is 15.7. The van der Waals surface area contributed by atoms with E-state index in [0.717, 1.165) is 44.6 Å². The number of halogens is 1. The Morgan fingerprint density at radius 1 is 1.17 bits per heavy atom. The molecule has 2 fully saturated rings. The van der Waals surface area contributed by atoms with Gasteiger partial charge in [-0.05, 0) is 42.2 Å². The van der Waals surface area contributed by atoms with E-state index in [1.165, 1.54) is 17.7 Å². The maximum atomic E-state index is 13.0. The Morgan fingerprint density at radius 2 is 2.00 bits per heavy atom. The maximum absolute atomic E-state index is 13.0. The highest BCUT2D eigenvalue weighted by molar-refractivity contribution is 5.18. The molecule has 120 valence electrons. The van der Waals surface area contributed by atoms with E-state index in [4.69, 9.17) is 4.74 Å². The summed E-state index contributed by atoms with van der Waals surface area (Å²) in [7, 11) is 0. The van der Waals surface area contributed by atoms with E-state index >= 15 is 0 Å². The van der Waals surface area contributed by atoms with Gasteiger partial charge in [0.15, 0.2) is 0 Å². The molecule has 0 bridgehead atoms. The quantitative estimate of drug-likeness (QED) is 0.867. The van der Waals surface area contributed by atoms with Gasteiger partial charge in [0, 0.05) is 37.4 Å². The smallest absolute Gasteiger partial charge is 0.123 e. The summed E-state index contributed by atoms with van der Waals surface area (Å²) in [5.41, 5.74) is 2.75. The second kappa shape index (κ2) is 6.02. The molecule has 1 unspecified atom stereocenters. The van der Waals surface area contributed by atoms with Crippen LogP contribution in [0, 0.1) is 11.2 Å². The predicted molar refractivity (Wildman–Crippen MR) is 86.4 cm³/mol. The molecular weight excluding hydrogens is 291 g/mol. The van der Waals surface area contributed by atoms with Gasteiger partial charge in [-0.1, -0.05) is 18.2 Å². The van der Waals surface area contributed by atoms with Crippen molar-refractivity contribution in [2.45, 2.75) is 25.5 Å². The van der Waals surface area contributed by atoms with E-state index in [0.29, 0.717) is 5.41 Å². The Morgan fingerprint density at radius 3 is 2.74 bits per heavy atom. The molecule has 1 atom stereocenters. The largest absolute Gasteiger partial charge is 0.377 e. The standard InChI is InChI=1S/C19H21FN2O/c20-17-5-3-15(4-6-17)8-18-9-19(14-23-18)12-22(13-19)11-16-2-1-7-21-10-16/h1-7,10,18H,8-9,11-14H2. The molecule has 2 aromatic rings. The fraction of sp³-hybridized carbons (Fsp3) is 0.421. The number of aromatic nitrogens is 1. The van der Waals surface area contributed by atoms with Crippen LogP contribution < -0.4 is 0 Å². The number of hydrogen-bond donors (Lipinski definition) is 0. The van der Waals surface area contributed by atoms with Crippen LogP contribution in [-0.4, -0.2) is 35.7 Å². The summed E-state index contributed by atoms with van der Waals surface area (Å²) in [6.45, 7) is 4.02. The van der Waals surface area contributed by atoms with Crippen LogP contribution in [0.3, 0.4) is 0 Å². The van der Waals surface area contributed by atoms with Gasteiger partial charge in [0.1, 0.15) is 5.82 Å². The zero-order valence-corrected chi connectivity index (χ0v) is 13.1. The SMILES string of the molecule is Fc1ccc(CC2CC3(CO2)CN(Cc2cccnc2)C3)cc1. The molecule has 0 aliphatic carbocycles. The lowest BCUT2D eigenvalue weighted by Gasteiger charge is -2.47. The van der Waals surface area contributed by atoms with Gasteiger partial charge in [-0.2, -0.15) is 0 Å². The van der Waals surface area contributed by atoms with Crippen LogP contribution in [0.1, 0.15) is 17.5 Å². The Kier molecular flexibility index (Phi) is 3.87. The molecule has 1 aromatic heterocycles. The van der Waals surface area contributed by atoms with Crippen LogP contribution in [-0.2, 0) is 17.7 Å². The lowest BCUT2D eigenvalue weighted by molar-refractivity contribution is -0.0141. The van der Waals surface area contributed by atoms with Crippen molar-refractivity contribution in [1.29, 1.82) is 0 Å². The molecule has 0 amide bonds. The fourth-order valence-electron chi connectivity index (χ4n) is 3.89. The third-order valence-electron chi connectivity index (χ3n) is 4.91. The number of ether oxygens (including phenoxy) is 1. The molecule has 4 rings (SSSR count). The minimum atomic E-state index is -0.178. The molecule has 2 aliphatic heterocycles. The molecule has 0 saturated carbocycles. The van der Waals surface area contributed by atoms with Crippen molar-refractivity contribution < 1.29 is 9.13 Å². The normalized spacial score (nSPS) is 23.1. The first-order valence-corrected chi connectivity index (χ1v) is 8.18. The third-order valence-corrected chi connectivity index (χ3v) is 4.91. The van der Waals surface area contributed by atoms with Gasteiger partial charge in [0.05, 0.1) is 12.7 Å². The van der Waals surface area contributed by atoms with Crippen LogP contribution in [0.15, 0.2) is 48.8 Å². The highest BCUT2D eigenvalue weighted by Crippen LogP contribution is 2.42. The molecule has 2 saturated heterocycles. The molecule has 0 radical (unpaired) electrons. The number of rotatable bonds is 4. The molecule has 4 heteroatoms. The van der Waals surface area contributed by atoms with Crippen molar-refractivity contribution in [1.82, 2.24) is 9.88 Å². The van der Waals surface area contributed by atoms with Gasteiger partial charge in [-0.25, -0.2) is 4.39 Å². The summed E-state index contributed by atoms with van der Waals surface area (Å²) in [4.78, 5) is 6.63. The summed E-state index contributed by atoms with van der Waals surface area (Å²) in [5, 5.41) is 0. The molecule has 23 heavy (non-hydrogen) atoms. The second-order valence-electron chi connectivity index (χ2n) is 6.97. The lowest BCUT2D eigenvalue weighted by Crippen LogP contribution is -2.56. The van der Waals surface area contributed by atoms with Crippen molar-refractivity contribution in [3.63, 3.8) is 0 Å². The van der Waals surface area contributed by atoms with Gasteiger partial charge >= 0.3 is 0 Å². The van der Waals surface area contributed by atoms with Crippen LogP contribution in [0.2, 0.25) is 0 Å². The molecule has 0 N–H and O–H groups in total. The van der Waals surface area contributed by atoms with Crippen molar-refractivity contribution in [2.75, 3.05) is 19.7 Å². The van der Waals surface area contributed by atoms with Gasteiger partial charge < -0.3 is 4.74 Å². The Labute approximate surface area is 136 Å². The Bertz CT molecular complexity index is 653. The molecule has 2 aliphatic rings. The zero-order valence-electron chi connectivity index (χ0n) is 13.1. The highest BCUT2D eigenvalue weighted by Gasteiger charge is 2.48. The molecule has 3 heterocycles. The first-order chi connectivity index (χ1) is 11.2. The van der Waals surface area contributed by atoms with E-state index in [1.54, 1.807) is 0 Å². The number of benzene rings is 1. The van der Waals surface area contributed by atoms with Gasteiger partial charge in [-0.15, -0.1) is 0 Å². The first kappa shape index (κ1) is 14.8.